The molecule has 3 aromatic rings. The second-order valence-electron chi connectivity index (χ2n) is 11.1. The maximum atomic E-state index is 13.4. The summed E-state index contributed by atoms with van der Waals surface area (Å²) >= 11 is 15.1. The van der Waals surface area contributed by atoms with E-state index in [1.165, 1.54) is 0 Å². The van der Waals surface area contributed by atoms with Gasteiger partial charge < -0.3 is 19.6 Å². The molecule has 2 aliphatic heterocycles. The number of aromatic amines is 1. The van der Waals surface area contributed by atoms with Crippen molar-refractivity contribution in [2.24, 2.45) is 29.6 Å². The number of hydrogen-bond acceptors (Lipinski definition) is 8. The third-order valence-corrected chi connectivity index (χ3v) is 12.2. The number of carbonyl (C=O) groups is 3. The quantitative estimate of drug-likeness (QED) is 0.348. The fourth-order valence-electron chi connectivity index (χ4n) is 7.53. The molecular formula is C29H24Cl2N2O7S2. The smallest absolute Gasteiger partial charge is 0.323 e. The molecule has 0 unspecified atom stereocenters. The summed E-state index contributed by atoms with van der Waals surface area (Å²) in [5.41, 5.74) is 1.68. The first-order valence-corrected chi connectivity index (χ1v) is 15.8. The Bertz CT molecular complexity index is 1710. The lowest BCUT2D eigenvalue weighted by molar-refractivity contribution is -0.149. The molecule has 9 nitrogen and oxygen atoms in total. The van der Waals surface area contributed by atoms with E-state index in [9.17, 15) is 24.3 Å². The number of imide groups is 1. The largest absolute Gasteiger partial charge is 0.493 e. The summed E-state index contributed by atoms with van der Waals surface area (Å²) in [6.07, 6.45) is 0.714. The van der Waals surface area contributed by atoms with Crippen molar-refractivity contribution in [3.05, 3.63) is 72.1 Å². The number of halogens is 2. The number of aromatic nitrogens is 1. The van der Waals surface area contributed by atoms with Gasteiger partial charge in [0.1, 0.15) is 13.2 Å². The average Bonchev–Trinajstić information content (AvgIpc) is 3.68. The SMILES string of the molecule is COc1cc([C@@H]2c3sc(=O)[nH]c3S[C@H]3[C@@H]4C[C@H]([C@H]5C(=O)N(CC(=O)O)C(=O)[C@H]45)[C@H]23)ccc1OCc1ccc(Cl)cc1Cl. The van der Waals surface area contributed by atoms with Crippen molar-refractivity contribution in [2.75, 3.05) is 13.7 Å². The molecule has 13 heteroatoms. The van der Waals surface area contributed by atoms with Crippen molar-refractivity contribution in [3.8, 4) is 11.5 Å². The minimum Gasteiger partial charge on any atom is -0.493 e. The number of carbonyl (C=O) groups excluding carboxylic acids is 2. The van der Waals surface area contributed by atoms with Crippen LogP contribution in [0.25, 0.3) is 0 Å². The summed E-state index contributed by atoms with van der Waals surface area (Å²) in [6.45, 7) is -0.410. The molecule has 3 heterocycles. The van der Waals surface area contributed by atoms with Gasteiger partial charge in [-0.15, -0.1) is 11.8 Å². The zero-order valence-corrected chi connectivity index (χ0v) is 25.2. The number of benzene rings is 2. The lowest BCUT2D eigenvalue weighted by atomic mass is 9.68. The molecule has 3 fully saturated rings. The van der Waals surface area contributed by atoms with Crippen LogP contribution >= 0.6 is 46.3 Å². The summed E-state index contributed by atoms with van der Waals surface area (Å²) in [4.78, 5) is 55.2. The van der Waals surface area contributed by atoms with Gasteiger partial charge in [-0.3, -0.25) is 24.1 Å². The highest BCUT2D eigenvalue weighted by atomic mass is 35.5. The molecule has 0 spiro atoms. The molecule has 2 N–H and O–H groups in total. The number of hydrogen-bond donors (Lipinski definition) is 2. The maximum Gasteiger partial charge on any atom is 0.323 e. The number of thioether (sulfide) groups is 1. The highest BCUT2D eigenvalue weighted by Gasteiger charge is 2.69. The number of fused-ring (bicyclic) bond motifs is 9. The monoisotopic (exact) mass is 646 g/mol. The molecule has 2 saturated carbocycles. The van der Waals surface area contributed by atoms with Crippen LogP contribution in [-0.4, -0.2) is 51.7 Å². The normalized spacial score (nSPS) is 28.9. The van der Waals surface area contributed by atoms with E-state index in [0.29, 0.717) is 28.0 Å². The molecule has 1 saturated heterocycles. The molecule has 2 aromatic carbocycles. The van der Waals surface area contributed by atoms with E-state index in [0.717, 1.165) is 37.3 Å². The summed E-state index contributed by atoms with van der Waals surface area (Å²) in [7, 11) is 1.56. The van der Waals surface area contributed by atoms with Crippen LogP contribution in [0.5, 0.6) is 11.5 Å². The summed E-state index contributed by atoms with van der Waals surface area (Å²) < 4.78 is 11.8. The number of nitrogens with zero attached hydrogens (tertiary/aromatic N) is 1. The lowest BCUT2D eigenvalue weighted by Gasteiger charge is -2.43. The van der Waals surface area contributed by atoms with Crippen molar-refractivity contribution in [2.45, 2.75) is 29.2 Å². The number of thiazole rings is 1. The van der Waals surface area contributed by atoms with Crippen molar-refractivity contribution in [3.63, 3.8) is 0 Å². The van der Waals surface area contributed by atoms with Crippen molar-refractivity contribution in [1.82, 2.24) is 9.88 Å². The molecule has 42 heavy (non-hydrogen) atoms. The molecule has 7 rings (SSSR count). The van der Waals surface area contributed by atoms with E-state index < -0.39 is 30.3 Å². The van der Waals surface area contributed by atoms with Crippen molar-refractivity contribution < 1.29 is 29.0 Å². The Morgan fingerprint density at radius 2 is 1.83 bits per heavy atom. The number of methoxy groups -OCH3 is 1. The Morgan fingerprint density at radius 3 is 2.55 bits per heavy atom. The van der Waals surface area contributed by atoms with Gasteiger partial charge in [-0.05, 0) is 54.0 Å². The summed E-state index contributed by atoms with van der Waals surface area (Å²) in [5.74, 6) is -2.45. The third kappa shape index (κ3) is 4.27. The van der Waals surface area contributed by atoms with Crippen LogP contribution < -0.4 is 14.3 Å². The topological polar surface area (TPSA) is 126 Å². The Labute approximate surface area is 258 Å². The van der Waals surface area contributed by atoms with Gasteiger partial charge in [-0.25, -0.2) is 0 Å². The van der Waals surface area contributed by atoms with Crippen LogP contribution in [0.15, 0.2) is 46.2 Å². The number of H-pyrrole nitrogens is 1. The van der Waals surface area contributed by atoms with Crippen LogP contribution in [0, 0.1) is 29.6 Å². The number of aliphatic carboxylic acids is 1. The highest BCUT2D eigenvalue weighted by Crippen LogP contribution is 2.68. The van der Waals surface area contributed by atoms with E-state index >= 15 is 0 Å². The Kier molecular flexibility index (Phi) is 6.84. The molecule has 2 amide bonds. The highest BCUT2D eigenvalue weighted by molar-refractivity contribution is 8.00. The van der Waals surface area contributed by atoms with E-state index in [4.69, 9.17) is 32.7 Å². The van der Waals surface area contributed by atoms with E-state index in [2.05, 4.69) is 4.98 Å². The summed E-state index contributed by atoms with van der Waals surface area (Å²) in [5, 5.41) is 11.1. The molecular weight excluding hydrogens is 623 g/mol. The van der Waals surface area contributed by atoms with Gasteiger partial charge in [0.15, 0.2) is 11.5 Å². The standard InChI is InChI=1S/C29H24Cl2N2O7S2/c1-39-18-6-11(3-5-17(18)40-10-12-2-4-13(30)7-16(12)31)20-21-14-8-15(24(21)41-26-25(20)42-29(38)32-26)23-22(14)27(36)33(28(23)37)9-19(34)35/h2-7,14-15,20-24H,8-10H2,1H3,(H,32,38)(H,34,35)/t14-,15+,20-,21+,22+,23+,24-/m0/s1. The van der Waals surface area contributed by atoms with Crippen LogP contribution in [0.3, 0.4) is 0 Å². The van der Waals surface area contributed by atoms with E-state index in [1.807, 2.05) is 18.2 Å². The number of amides is 2. The number of ether oxygens (including phenoxy) is 2. The van der Waals surface area contributed by atoms with Crippen molar-refractivity contribution >= 4 is 64.1 Å². The first-order valence-electron chi connectivity index (χ1n) is 13.4. The number of carboxylic acid groups (broad SMARTS) is 1. The van der Waals surface area contributed by atoms with Gasteiger partial charge in [0.2, 0.25) is 11.8 Å². The minimum atomic E-state index is -1.21. The number of carboxylic acids is 1. The number of rotatable bonds is 7. The third-order valence-electron chi connectivity index (χ3n) is 9.05. The van der Waals surface area contributed by atoms with E-state index in [1.54, 1.807) is 37.1 Å². The fourth-order valence-corrected chi connectivity index (χ4v) is 10.9. The van der Waals surface area contributed by atoms with Crippen molar-refractivity contribution in [1.29, 1.82) is 0 Å². The molecule has 1 aromatic heterocycles. The maximum absolute atomic E-state index is 13.4. The Hall–Kier alpha value is -2.99. The Balaban J connectivity index is 1.24. The van der Waals surface area contributed by atoms with Gasteiger partial charge in [0, 0.05) is 31.7 Å². The predicted molar refractivity (Wildman–Crippen MR) is 157 cm³/mol. The van der Waals surface area contributed by atoms with Crippen LogP contribution in [0.2, 0.25) is 10.0 Å². The van der Waals surface area contributed by atoms with Gasteiger partial charge in [-0.2, -0.15) is 0 Å². The Morgan fingerprint density at radius 1 is 1.07 bits per heavy atom. The van der Waals surface area contributed by atoms with Gasteiger partial charge >= 0.3 is 10.8 Å². The zero-order chi connectivity index (χ0) is 29.4. The minimum absolute atomic E-state index is 0.00510. The second-order valence-corrected chi connectivity index (χ2v) is 14.1. The molecule has 218 valence electrons. The van der Waals surface area contributed by atoms with Gasteiger partial charge in [0.25, 0.3) is 0 Å². The molecule has 0 radical (unpaired) electrons. The molecule has 2 bridgehead atoms. The summed E-state index contributed by atoms with van der Waals surface area (Å²) in [6, 6.07) is 10.9. The number of likely N-dealkylation sites (tertiary alicyclic amines) is 1. The van der Waals surface area contributed by atoms with Crippen LogP contribution in [-0.2, 0) is 21.0 Å². The first-order chi connectivity index (χ1) is 20.2. The lowest BCUT2D eigenvalue weighted by Crippen LogP contribution is -2.42. The predicted octanol–water partition coefficient (Wildman–Crippen LogP) is 4.89. The second kappa shape index (κ2) is 10.3. The average molecular weight is 648 g/mol. The molecule has 2 aliphatic carbocycles. The number of nitrogens with one attached hydrogen (secondary N) is 1. The van der Waals surface area contributed by atoms with E-state index in [-0.39, 0.29) is 46.3 Å². The van der Waals surface area contributed by atoms with Gasteiger partial charge in [0.05, 0.1) is 24.0 Å². The first kappa shape index (κ1) is 27.8. The molecule has 4 aliphatic rings. The zero-order valence-electron chi connectivity index (χ0n) is 22.0. The van der Waals surface area contributed by atoms with Gasteiger partial charge in [-0.1, -0.05) is 46.7 Å². The van der Waals surface area contributed by atoms with Crippen LogP contribution in [0.1, 0.15) is 28.3 Å². The fraction of sp³-hybridized carbons (Fsp3) is 0.379. The molecule has 7 atom stereocenters. The van der Waals surface area contributed by atoms with Crippen LogP contribution in [0.4, 0.5) is 0 Å².